The van der Waals surface area contributed by atoms with Gasteiger partial charge >= 0.3 is 0 Å². The van der Waals surface area contributed by atoms with E-state index in [-0.39, 0.29) is 0 Å². The SMILES string of the molecule is C/C=C/OC1CCC(CCC2CCC(CCc3cc(F)c(C#N)c(F)c3)CC2)CC1. The maximum absolute atomic E-state index is 13.8. The molecule has 30 heavy (non-hydrogen) atoms. The average molecular weight is 416 g/mol. The van der Waals surface area contributed by atoms with Gasteiger partial charge in [0.25, 0.3) is 0 Å². The normalized spacial score (nSPS) is 27.1. The van der Waals surface area contributed by atoms with E-state index < -0.39 is 17.2 Å². The average Bonchev–Trinajstić information content (AvgIpc) is 2.76. The fourth-order valence-corrected chi connectivity index (χ4v) is 5.27. The molecular weight excluding hydrogens is 380 g/mol. The summed E-state index contributed by atoms with van der Waals surface area (Å²) >= 11 is 0. The molecule has 1 aromatic rings. The van der Waals surface area contributed by atoms with Gasteiger partial charge in [0.05, 0.1) is 12.4 Å². The molecule has 2 nitrogen and oxygen atoms in total. The Bertz CT molecular complexity index is 715. The minimum absolute atomic E-state index is 0.422. The Labute approximate surface area is 180 Å². The van der Waals surface area contributed by atoms with E-state index in [1.54, 1.807) is 6.07 Å². The number of ether oxygens (including phenoxy) is 1. The molecule has 2 fully saturated rings. The number of nitriles is 1. The lowest BCUT2D eigenvalue weighted by Crippen LogP contribution is -2.21. The molecule has 0 bridgehead atoms. The maximum Gasteiger partial charge on any atom is 0.144 e. The topological polar surface area (TPSA) is 33.0 Å². The Morgan fingerprint density at radius 1 is 0.900 bits per heavy atom. The molecule has 0 aromatic heterocycles. The Morgan fingerprint density at radius 2 is 1.40 bits per heavy atom. The van der Waals surface area contributed by atoms with Crippen LogP contribution in [-0.4, -0.2) is 6.10 Å². The highest BCUT2D eigenvalue weighted by atomic mass is 19.1. The van der Waals surface area contributed by atoms with Crippen LogP contribution in [0.2, 0.25) is 0 Å². The summed E-state index contributed by atoms with van der Waals surface area (Å²) in [5, 5.41) is 8.78. The minimum atomic E-state index is -0.737. The fraction of sp³-hybridized carbons (Fsp3) is 0.654. The van der Waals surface area contributed by atoms with Crippen LogP contribution in [0.3, 0.4) is 0 Å². The fourth-order valence-electron chi connectivity index (χ4n) is 5.27. The van der Waals surface area contributed by atoms with Crippen LogP contribution in [0.15, 0.2) is 24.5 Å². The number of rotatable bonds is 8. The second-order valence-electron chi connectivity index (χ2n) is 9.30. The molecule has 0 heterocycles. The second-order valence-corrected chi connectivity index (χ2v) is 9.30. The molecule has 0 atom stereocenters. The first-order valence-electron chi connectivity index (χ1n) is 11.7. The molecule has 0 amide bonds. The molecule has 2 aliphatic carbocycles. The quantitative estimate of drug-likeness (QED) is 0.413. The van der Waals surface area contributed by atoms with Gasteiger partial charge in [0.15, 0.2) is 0 Å². The molecule has 0 saturated heterocycles. The summed E-state index contributed by atoms with van der Waals surface area (Å²) in [5.41, 5.74) is 0.193. The number of hydrogen-bond acceptors (Lipinski definition) is 2. The zero-order valence-electron chi connectivity index (χ0n) is 18.2. The molecule has 2 saturated carbocycles. The van der Waals surface area contributed by atoms with E-state index in [1.807, 2.05) is 19.3 Å². The first kappa shape index (κ1) is 22.8. The van der Waals surface area contributed by atoms with Gasteiger partial charge in [0, 0.05) is 0 Å². The van der Waals surface area contributed by atoms with Crippen molar-refractivity contribution in [3.8, 4) is 6.07 Å². The van der Waals surface area contributed by atoms with E-state index in [4.69, 9.17) is 10.00 Å². The molecule has 0 N–H and O–H groups in total. The number of allylic oxidation sites excluding steroid dienone is 1. The van der Waals surface area contributed by atoms with Crippen molar-refractivity contribution < 1.29 is 13.5 Å². The van der Waals surface area contributed by atoms with E-state index in [1.165, 1.54) is 76.3 Å². The third kappa shape index (κ3) is 6.56. The van der Waals surface area contributed by atoms with Crippen molar-refractivity contribution in [3.63, 3.8) is 0 Å². The predicted octanol–water partition coefficient (Wildman–Crippen LogP) is 7.46. The van der Waals surface area contributed by atoms with Gasteiger partial charge in [-0.25, -0.2) is 8.78 Å². The molecule has 2 aliphatic rings. The highest BCUT2D eigenvalue weighted by Crippen LogP contribution is 2.37. The molecule has 1 aromatic carbocycles. The Balaban J connectivity index is 1.32. The summed E-state index contributed by atoms with van der Waals surface area (Å²) in [5.74, 6) is 0.900. The molecule has 0 spiro atoms. The molecule has 0 aliphatic heterocycles. The first-order chi connectivity index (χ1) is 14.6. The van der Waals surface area contributed by atoms with Crippen LogP contribution in [0.25, 0.3) is 0 Å². The monoisotopic (exact) mass is 415 g/mol. The Kier molecular flexibility index (Phi) is 8.73. The summed E-state index contributed by atoms with van der Waals surface area (Å²) in [7, 11) is 0. The summed E-state index contributed by atoms with van der Waals surface area (Å²) in [4.78, 5) is 0. The van der Waals surface area contributed by atoms with Crippen molar-refractivity contribution in [1.29, 1.82) is 5.26 Å². The van der Waals surface area contributed by atoms with Crippen LogP contribution in [0, 0.1) is 40.7 Å². The van der Waals surface area contributed by atoms with Gasteiger partial charge in [-0.3, -0.25) is 0 Å². The van der Waals surface area contributed by atoms with Gasteiger partial charge in [0.2, 0.25) is 0 Å². The van der Waals surface area contributed by atoms with Crippen LogP contribution in [0.5, 0.6) is 0 Å². The summed E-state index contributed by atoms with van der Waals surface area (Å²) in [6.07, 6.45) is 18.6. The van der Waals surface area contributed by atoms with E-state index in [2.05, 4.69) is 0 Å². The van der Waals surface area contributed by atoms with Crippen molar-refractivity contribution in [2.45, 2.75) is 90.1 Å². The first-order valence-corrected chi connectivity index (χ1v) is 11.7. The number of nitrogens with zero attached hydrogens (tertiary/aromatic N) is 1. The highest BCUT2D eigenvalue weighted by Gasteiger charge is 2.25. The molecule has 4 heteroatoms. The van der Waals surface area contributed by atoms with Crippen LogP contribution in [0.1, 0.15) is 88.7 Å². The van der Waals surface area contributed by atoms with Crippen molar-refractivity contribution in [1.82, 2.24) is 0 Å². The van der Waals surface area contributed by atoms with Crippen LogP contribution in [0.4, 0.5) is 8.78 Å². The molecule has 0 unspecified atom stereocenters. The number of aryl methyl sites for hydroxylation is 1. The van der Waals surface area contributed by atoms with Gasteiger partial charge < -0.3 is 4.74 Å². The standard InChI is InChI=1S/C26H35F2NO/c1-2-15-30-23-13-11-21(12-14-23)8-7-19-3-5-20(6-4-19)9-10-22-16-25(27)24(18-29)26(28)17-22/h2,15-17,19-21,23H,3-14H2,1H3/b15-2+. The van der Waals surface area contributed by atoms with Crippen molar-refractivity contribution in [2.75, 3.05) is 0 Å². The van der Waals surface area contributed by atoms with E-state index in [0.717, 1.165) is 18.3 Å². The smallest absolute Gasteiger partial charge is 0.144 e. The zero-order valence-corrected chi connectivity index (χ0v) is 18.2. The summed E-state index contributed by atoms with van der Waals surface area (Å²) < 4.78 is 33.3. The van der Waals surface area contributed by atoms with Crippen molar-refractivity contribution >= 4 is 0 Å². The Hall–Kier alpha value is -1.89. The summed E-state index contributed by atoms with van der Waals surface area (Å²) in [6, 6.07) is 4.24. The maximum atomic E-state index is 13.8. The zero-order chi connectivity index (χ0) is 21.3. The van der Waals surface area contributed by atoms with Crippen LogP contribution >= 0.6 is 0 Å². The molecule has 0 radical (unpaired) electrons. The van der Waals surface area contributed by atoms with Gasteiger partial charge in [-0.15, -0.1) is 0 Å². The lowest BCUT2D eigenvalue weighted by Gasteiger charge is -2.31. The highest BCUT2D eigenvalue weighted by molar-refractivity contribution is 5.35. The van der Waals surface area contributed by atoms with Gasteiger partial charge in [0.1, 0.15) is 23.3 Å². The third-order valence-electron chi connectivity index (χ3n) is 7.21. The van der Waals surface area contributed by atoms with E-state index in [0.29, 0.717) is 24.0 Å². The number of benzene rings is 1. The van der Waals surface area contributed by atoms with E-state index >= 15 is 0 Å². The van der Waals surface area contributed by atoms with Gasteiger partial charge in [-0.05, 0) is 80.9 Å². The molecule has 164 valence electrons. The van der Waals surface area contributed by atoms with Crippen molar-refractivity contribution in [2.24, 2.45) is 17.8 Å². The molecule has 3 rings (SSSR count). The third-order valence-corrected chi connectivity index (χ3v) is 7.21. The van der Waals surface area contributed by atoms with Gasteiger partial charge in [-0.2, -0.15) is 5.26 Å². The lowest BCUT2D eigenvalue weighted by molar-refractivity contribution is 0.0838. The van der Waals surface area contributed by atoms with Crippen LogP contribution < -0.4 is 0 Å². The summed E-state index contributed by atoms with van der Waals surface area (Å²) in [6.45, 7) is 1.99. The number of halogens is 2. The minimum Gasteiger partial charge on any atom is -0.498 e. The molecular formula is C26H35F2NO. The van der Waals surface area contributed by atoms with Crippen molar-refractivity contribution in [3.05, 3.63) is 47.2 Å². The largest absolute Gasteiger partial charge is 0.498 e. The predicted molar refractivity (Wildman–Crippen MR) is 116 cm³/mol. The lowest BCUT2D eigenvalue weighted by atomic mass is 9.75. The second kappa shape index (κ2) is 11.5. The van der Waals surface area contributed by atoms with Crippen LogP contribution in [-0.2, 0) is 11.2 Å². The Morgan fingerprint density at radius 3 is 1.90 bits per heavy atom. The number of hydrogen-bond donors (Lipinski definition) is 0. The van der Waals surface area contributed by atoms with Gasteiger partial charge in [-0.1, -0.05) is 44.6 Å². The van der Waals surface area contributed by atoms with E-state index in [9.17, 15) is 8.78 Å².